The van der Waals surface area contributed by atoms with Crippen LogP contribution in [0.3, 0.4) is 0 Å². The highest BCUT2D eigenvalue weighted by molar-refractivity contribution is 6.31. The summed E-state index contributed by atoms with van der Waals surface area (Å²) in [6, 6.07) is 12.0. The normalized spacial score (nSPS) is 12.5. The zero-order valence-electron chi connectivity index (χ0n) is 11.6. The predicted molar refractivity (Wildman–Crippen MR) is 80.8 cm³/mol. The van der Waals surface area contributed by atoms with Crippen LogP contribution in [0, 0.1) is 20.8 Å². The Morgan fingerprint density at radius 1 is 0.947 bits per heavy atom. The lowest BCUT2D eigenvalue weighted by molar-refractivity contribution is 0.178. The molecule has 2 heteroatoms. The summed E-state index contributed by atoms with van der Waals surface area (Å²) in [7, 11) is 0. The molecule has 2 aromatic rings. The second-order valence-electron chi connectivity index (χ2n) is 5.15. The highest BCUT2D eigenvalue weighted by atomic mass is 35.5. The van der Waals surface area contributed by atoms with Crippen molar-refractivity contribution in [2.24, 2.45) is 0 Å². The molecule has 1 atom stereocenters. The molecule has 100 valence electrons. The molecule has 0 aliphatic heterocycles. The summed E-state index contributed by atoms with van der Waals surface area (Å²) >= 11 is 6.10. The molecule has 0 radical (unpaired) electrons. The van der Waals surface area contributed by atoms with Gasteiger partial charge in [-0.1, -0.05) is 41.9 Å². The molecule has 19 heavy (non-hydrogen) atoms. The SMILES string of the molecule is Cc1ccc(CC(O)c2ccc(C)c(Cl)c2)cc1C. The van der Waals surface area contributed by atoms with Crippen molar-refractivity contribution >= 4 is 11.6 Å². The zero-order valence-corrected chi connectivity index (χ0v) is 12.3. The number of hydrogen-bond donors (Lipinski definition) is 1. The first-order chi connectivity index (χ1) is 8.97. The van der Waals surface area contributed by atoms with E-state index in [1.165, 1.54) is 11.1 Å². The molecule has 1 nitrogen and oxygen atoms in total. The Morgan fingerprint density at radius 3 is 2.26 bits per heavy atom. The number of rotatable bonds is 3. The Labute approximate surface area is 119 Å². The summed E-state index contributed by atoms with van der Waals surface area (Å²) in [4.78, 5) is 0. The van der Waals surface area contributed by atoms with Crippen molar-refractivity contribution in [3.8, 4) is 0 Å². The maximum atomic E-state index is 10.3. The van der Waals surface area contributed by atoms with E-state index in [9.17, 15) is 5.11 Å². The van der Waals surface area contributed by atoms with Gasteiger partial charge >= 0.3 is 0 Å². The van der Waals surface area contributed by atoms with Gasteiger partial charge in [-0.15, -0.1) is 0 Å². The molecule has 0 fully saturated rings. The van der Waals surface area contributed by atoms with Crippen LogP contribution in [0.4, 0.5) is 0 Å². The van der Waals surface area contributed by atoms with Crippen LogP contribution in [0.15, 0.2) is 36.4 Å². The predicted octanol–water partition coefficient (Wildman–Crippen LogP) is 4.54. The molecule has 0 aliphatic rings. The number of benzene rings is 2. The summed E-state index contributed by atoms with van der Waals surface area (Å²) in [6.45, 7) is 6.14. The lowest BCUT2D eigenvalue weighted by Crippen LogP contribution is -2.02. The lowest BCUT2D eigenvalue weighted by Gasteiger charge is -2.13. The van der Waals surface area contributed by atoms with Gasteiger partial charge in [-0.05, 0) is 54.7 Å². The number of aliphatic hydroxyl groups excluding tert-OH is 1. The smallest absolute Gasteiger partial charge is 0.0830 e. The van der Waals surface area contributed by atoms with Crippen LogP contribution in [-0.2, 0) is 6.42 Å². The largest absolute Gasteiger partial charge is 0.388 e. The first-order valence-electron chi connectivity index (χ1n) is 6.47. The van der Waals surface area contributed by atoms with E-state index in [4.69, 9.17) is 11.6 Å². The first kappa shape index (κ1) is 14.1. The molecule has 2 aromatic carbocycles. The van der Waals surface area contributed by atoms with E-state index < -0.39 is 6.10 Å². The summed E-state index contributed by atoms with van der Waals surface area (Å²) in [6.07, 6.45) is 0.0979. The monoisotopic (exact) mass is 274 g/mol. The minimum atomic E-state index is -0.514. The average molecular weight is 275 g/mol. The van der Waals surface area contributed by atoms with Crippen LogP contribution >= 0.6 is 11.6 Å². The maximum Gasteiger partial charge on any atom is 0.0830 e. The van der Waals surface area contributed by atoms with Crippen LogP contribution in [-0.4, -0.2) is 5.11 Å². The number of hydrogen-bond acceptors (Lipinski definition) is 1. The van der Waals surface area contributed by atoms with Crippen LogP contribution in [0.5, 0.6) is 0 Å². The molecular weight excluding hydrogens is 256 g/mol. The fraction of sp³-hybridized carbons (Fsp3) is 0.294. The van der Waals surface area contributed by atoms with Gasteiger partial charge in [0.1, 0.15) is 0 Å². The van der Waals surface area contributed by atoms with Crippen molar-refractivity contribution < 1.29 is 5.11 Å². The van der Waals surface area contributed by atoms with Crippen molar-refractivity contribution in [1.29, 1.82) is 0 Å². The van der Waals surface area contributed by atoms with Crippen LogP contribution in [0.25, 0.3) is 0 Å². The minimum Gasteiger partial charge on any atom is -0.388 e. The van der Waals surface area contributed by atoms with Gasteiger partial charge in [0.25, 0.3) is 0 Å². The molecule has 0 saturated carbocycles. The third-order valence-corrected chi connectivity index (χ3v) is 3.99. The molecule has 0 aromatic heterocycles. The molecule has 1 N–H and O–H groups in total. The van der Waals surface area contributed by atoms with Gasteiger partial charge < -0.3 is 5.11 Å². The van der Waals surface area contributed by atoms with E-state index in [1.54, 1.807) is 0 Å². The van der Waals surface area contributed by atoms with Crippen molar-refractivity contribution in [3.63, 3.8) is 0 Å². The minimum absolute atomic E-state index is 0.514. The van der Waals surface area contributed by atoms with Gasteiger partial charge in [0.15, 0.2) is 0 Å². The second kappa shape index (κ2) is 5.77. The quantitative estimate of drug-likeness (QED) is 0.871. The Bertz CT molecular complexity index is 590. The summed E-state index contributed by atoms with van der Waals surface area (Å²) in [5, 5.41) is 11.0. The zero-order chi connectivity index (χ0) is 14.0. The third kappa shape index (κ3) is 3.37. The Hall–Kier alpha value is -1.31. The molecule has 2 rings (SSSR count). The lowest BCUT2D eigenvalue weighted by atomic mass is 9.98. The molecule has 0 heterocycles. The van der Waals surface area contributed by atoms with E-state index in [1.807, 2.05) is 25.1 Å². The Balaban J connectivity index is 2.17. The van der Waals surface area contributed by atoms with Crippen molar-refractivity contribution in [2.75, 3.05) is 0 Å². The molecule has 0 bridgehead atoms. The highest BCUT2D eigenvalue weighted by Gasteiger charge is 2.10. The fourth-order valence-electron chi connectivity index (χ4n) is 2.09. The van der Waals surface area contributed by atoms with Gasteiger partial charge in [0, 0.05) is 11.4 Å². The molecule has 0 saturated heterocycles. The Kier molecular flexibility index (Phi) is 4.28. The first-order valence-corrected chi connectivity index (χ1v) is 6.85. The third-order valence-electron chi connectivity index (χ3n) is 3.58. The van der Waals surface area contributed by atoms with E-state index in [0.29, 0.717) is 11.4 Å². The molecule has 0 spiro atoms. The van der Waals surface area contributed by atoms with Gasteiger partial charge in [0.2, 0.25) is 0 Å². The van der Waals surface area contributed by atoms with Gasteiger partial charge in [-0.25, -0.2) is 0 Å². The van der Waals surface area contributed by atoms with Crippen molar-refractivity contribution in [2.45, 2.75) is 33.3 Å². The van der Waals surface area contributed by atoms with Crippen LogP contribution < -0.4 is 0 Å². The van der Waals surface area contributed by atoms with Crippen molar-refractivity contribution in [1.82, 2.24) is 0 Å². The van der Waals surface area contributed by atoms with Gasteiger partial charge in [-0.3, -0.25) is 0 Å². The van der Waals surface area contributed by atoms with E-state index >= 15 is 0 Å². The number of aliphatic hydroxyl groups is 1. The van der Waals surface area contributed by atoms with Gasteiger partial charge in [-0.2, -0.15) is 0 Å². The van der Waals surface area contributed by atoms with Crippen LogP contribution in [0.1, 0.15) is 33.9 Å². The van der Waals surface area contributed by atoms with E-state index in [-0.39, 0.29) is 0 Å². The van der Waals surface area contributed by atoms with E-state index in [0.717, 1.165) is 16.7 Å². The number of aryl methyl sites for hydroxylation is 3. The molecule has 1 unspecified atom stereocenters. The summed E-state index contributed by atoms with van der Waals surface area (Å²) in [5.41, 5.74) is 5.58. The summed E-state index contributed by atoms with van der Waals surface area (Å²) in [5.74, 6) is 0. The topological polar surface area (TPSA) is 20.2 Å². The standard InChI is InChI=1S/C17H19ClO/c1-11-4-6-14(8-13(11)3)9-17(19)15-7-5-12(2)16(18)10-15/h4-8,10,17,19H,9H2,1-3H3. The average Bonchev–Trinajstić information content (AvgIpc) is 2.37. The molecular formula is C17H19ClO. The fourth-order valence-corrected chi connectivity index (χ4v) is 2.28. The van der Waals surface area contributed by atoms with E-state index in [2.05, 4.69) is 32.0 Å². The van der Waals surface area contributed by atoms with Crippen molar-refractivity contribution in [3.05, 3.63) is 69.2 Å². The van der Waals surface area contributed by atoms with Crippen LogP contribution in [0.2, 0.25) is 5.02 Å². The molecule has 0 amide bonds. The highest BCUT2D eigenvalue weighted by Crippen LogP contribution is 2.24. The second-order valence-corrected chi connectivity index (χ2v) is 5.55. The van der Waals surface area contributed by atoms with Gasteiger partial charge in [0.05, 0.1) is 6.10 Å². The Morgan fingerprint density at radius 2 is 1.63 bits per heavy atom. The summed E-state index contributed by atoms with van der Waals surface area (Å²) < 4.78 is 0. The maximum absolute atomic E-state index is 10.3. The number of halogens is 1. The molecule has 0 aliphatic carbocycles.